The number of carbonyl (C=O) groups excluding carboxylic acids is 4. The number of aliphatic imine (C=N–C) groups is 1. The van der Waals surface area contributed by atoms with Crippen molar-refractivity contribution in [3.05, 3.63) is 0 Å². The zero-order valence-corrected chi connectivity index (χ0v) is 19.0. The van der Waals surface area contributed by atoms with E-state index in [-0.39, 0.29) is 24.7 Å². The zero-order valence-electron chi connectivity index (χ0n) is 18.1. The SMILES string of the molecule is CC(O)C(NC(=O)C(N)CCCN=C(N)N)C(=O)NC(CC(N)=O)C(=O)NC(CS)C(=O)O. The molecule has 0 rings (SSSR count). The molecule has 0 aromatic heterocycles. The van der Waals surface area contributed by atoms with Crippen molar-refractivity contribution in [1.82, 2.24) is 16.0 Å². The Hall–Kier alpha value is -3.11. The first kappa shape index (κ1) is 29.9. The molecule has 0 aromatic carbocycles. The molecule has 16 heteroatoms. The van der Waals surface area contributed by atoms with E-state index in [2.05, 4.69) is 33.6 Å². The molecule has 0 saturated carbocycles. The van der Waals surface area contributed by atoms with Gasteiger partial charge in [-0.1, -0.05) is 0 Å². The maximum atomic E-state index is 12.6. The number of carbonyl (C=O) groups is 5. The molecule has 0 aliphatic rings. The summed E-state index contributed by atoms with van der Waals surface area (Å²) in [5.41, 5.74) is 21.3. The van der Waals surface area contributed by atoms with Gasteiger partial charge in [-0.2, -0.15) is 12.6 Å². The van der Waals surface area contributed by atoms with Crippen LogP contribution in [0.2, 0.25) is 0 Å². The fourth-order valence-electron chi connectivity index (χ4n) is 2.45. The van der Waals surface area contributed by atoms with Crippen LogP contribution in [-0.2, 0) is 24.0 Å². The summed E-state index contributed by atoms with van der Waals surface area (Å²) in [6.45, 7) is 1.44. The number of carboxylic acids is 1. The van der Waals surface area contributed by atoms with Gasteiger partial charge in [-0.3, -0.25) is 24.2 Å². The summed E-state index contributed by atoms with van der Waals surface area (Å²) in [5, 5.41) is 25.5. The Morgan fingerprint density at radius 3 is 2.00 bits per heavy atom. The molecule has 0 aromatic rings. The molecule has 33 heavy (non-hydrogen) atoms. The first-order valence-corrected chi connectivity index (χ1v) is 10.5. The number of aliphatic carboxylic acids is 1. The molecule has 0 saturated heterocycles. The average molecular weight is 493 g/mol. The van der Waals surface area contributed by atoms with Crippen LogP contribution in [0.3, 0.4) is 0 Å². The second-order valence-corrected chi connectivity index (χ2v) is 7.46. The van der Waals surface area contributed by atoms with Gasteiger partial charge in [-0.25, -0.2) is 4.79 Å². The van der Waals surface area contributed by atoms with E-state index in [4.69, 9.17) is 28.0 Å². The van der Waals surface area contributed by atoms with E-state index in [1.165, 1.54) is 6.92 Å². The predicted molar refractivity (Wildman–Crippen MR) is 121 cm³/mol. The zero-order chi connectivity index (χ0) is 25.7. The molecule has 15 nitrogen and oxygen atoms in total. The highest BCUT2D eigenvalue weighted by Crippen LogP contribution is 2.02. The van der Waals surface area contributed by atoms with Crippen LogP contribution in [0, 0.1) is 0 Å². The molecule has 0 aliphatic carbocycles. The molecule has 4 amide bonds. The van der Waals surface area contributed by atoms with Crippen molar-refractivity contribution in [2.24, 2.45) is 27.9 Å². The molecular formula is C17H32N8O7S. The van der Waals surface area contributed by atoms with E-state index in [1.807, 2.05) is 0 Å². The van der Waals surface area contributed by atoms with Crippen LogP contribution >= 0.6 is 12.6 Å². The summed E-state index contributed by atoms with van der Waals surface area (Å²) >= 11 is 3.81. The first-order chi connectivity index (χ1) is 15.3. The molecule has 0 radical (unpaired) electrons. The quantitative estimate of drug-likeness (QED) is 0.0450. The van der Waals surface area contributed by atoms with Crippen LogP contribution < -0.4 is 38.9 Å². The third-order valence-corrected chi connectivity index (χ3v) is 4.57. The van der Waals surface area contributed by atoms with E-state index in [1.54, 1.807) is 0 Å². The number of primary amides is 1. The molecule has 0 heterocycles. The second-order valence-electron chi connectivity index (χ2n) is 7.10. The van der Waals surface area contributed by atoms with Crippen molar-refractivity contribution in [2.45, 2.75) is 56.5 Å². The Labute approximate surface area is 195 Å². The molecule has 0 aliphatic heterocycles. The minimum Gasteiger partial charge on any atom is -0.480 e. The highest BCUT2D eigenvalue weighted by Gasteiger charge is 2.32. The maximum Gasteiger partial charge on any atom is 0.327 e. The Bertz CT molecular complexity index is 745. The molecule has 0 spiro atoms. The normalized spacial score (nSPS) is 15.2. The summed E-state index contributed by atoms with van der Waals surface area (Å²) < 4.78 is 0. The van der Waals surface area contributed by atoms with E-state index in [0.717, 1.165) is 0 Å². The lowest BCUT2D eigenvalue weighted by atomic mass is 10.1. The number of aliphatic hydroxyl groups is 1. The van der Waals surface area contributed by atoms with Crippen molar-refractivity contribution in [3.63, 3.8) is 0 Å². The van der Waals surface area contributed by atoms with Crippen molar-refractivity contribution < 1.29 is 34.2 Å². The number of aliphatic hydroxyl groups excluding tert-OH is 1. The van der Waals surface area contributed by atoms with Crippen LogP contribution in [0.1, 0.15) is 26.2 Å². The summed E-state index contributed by atoms with van der Waals surface area (Å²) in [6.07, 6.45) is -1.54. The van der Waals surface area contributed by atoms with Gasteiger partial charge in [-0.05, 0) is 19.8 Å². The lowest BCUT2D eigenvalue weighted by molar-refractivity contribution is -0.142. The molecule has 188 valence electrons. The van der Waals surface area contributed by atoms with Gasteiger partial charge in [0, 0.05) is 12.3 Å². The Kier molecular flexibility index (Phi) is 13.5. The fraction of sp³-hybridized carbons (Fsp3) is 0.647. The van der Waals surface area contributed by atoms with Crippen LogP contribution in [0.4, 0.5) is 0 Å². The number of nitrogens with zero attached hydrogens (tertiary/aromatic N) is 1. The van der Waals surface area contributed by atoms with Gasteiger partial charge in [0.1, 0.15) is 18.1 Å². The number of hydrogen-bond donors (Lipinski definition) is 10. The predicted octanol–water partition coefficient (Wildman–Crippen LogP) is -4.91. The number of guanidine groups is 1. The lowest BCUT2D eigenvalue weighted by Gasteiger charge is -2.26. The number of rotatable bonds is 15. The Morgan fingerprint density at radius 2 is 1.55 bits per heavy atom. The van der Waals surface area contributed by atoms with Crippen LogP contribution in [0.5, 0.6) is 0 Å². The van der Waals surface area contributed by atoms with Gasteiger partial charge in [0.25, 0.3) is 0 Å². The summed E-state index contributed by atoms with van der Waals surface area (Å²) in [5.74, 6) is -5.53. The van der Waals surface area contributed by atoms with E-state index in [0.29, 0.717) is 6.42 Å². The van der Waals surface area contributed by atoms with Gasteiger partial charge in [0.05, 0.1) is 18.6 Å². The molecule has 0 bridgehead atoms. The largest absolute Gasteiger partial charge is 0.480 e. The number of hydrogen-bond acceptors (Lipinski definition) is 9. The molecule has 0 fully saturated rings. The Morgan fingerprint density at radius 1 is 0.970 bits per heavy atom. The van der Waals surface area contributed by atoms with Gasteiger partial charge in [0.15, 0.2) is 5.96 Å². The Balaban J connectivity index is 5.23. The van der Waals surface area contributed by atoms with Crippen LogP contribution in [0.15, 0.2) is 4.99 Å². The smallest absolute Gasteiger partial charge is 0.327 e. The summed E-state index contributed by atoms with van der Waals surface area (Å²) in [6, 6.07) is -5.55. The number of nitrogens with one attached hydrogen (secondary N) is 3. The number of carboxylic acid groups (broad SMARTS) is 1. The van der Waals surface area contributed by atoms with Gasteiger partial charge < -0.3 is 49.1 Å². The molecular weight excluding hydrogens is 460 g/mol. The summed E-state index contributed by atoms with van der Waals surface area (Å²) in [4.78, 5) is 63.5. The lowest BCUT2D eigenvalue weighted by Crippen LogP contribution is -2.60. The molecule has 13 N–H and O–H groups in total. The van der Waals surface area contributed by atoms with E-state index < -0.39 is 66.3 Å². The molecule has 5 unspecified atom stereocenters. The first-order valence-electron chi connectivity index (χ1n) is 9.82. The van der Waals surface area contributed by atoms with Crippen molar-refractivity contribution in [2.75, 3.05) is 12.3 Å². The molecule has 5 atom stereocenters. The van der Waals surface area contributed by atoms with Gasteiger partial charge >= 0.3 is 5.97 Å². The number of nitrogens with two attached hydrogens (primary N) is 4. The highest BCUT2D eigenvalue weighted by molar-refractivity contribution is 7.80. The summed E-state index contributed by atoms with van der Waals surface area (Å²) in [7, 11) is 0. The highest BCUT2D eigenvalue weighted by atomic mass is 32.1. The standard InChI is InChI=1S/C17H32N8O7S/c1-7(26)12(25-13(28)8(18)3-2-4-22-17(20)21)15(30)23-9(5-11(19)27)14(29)24-10(6-33)16(31)32/h7-10,12,26,33H,2-6,18H2,1H3,(H2,19,27)(H,23,30)(H,24,29)(H,25,28)(H,31,32)(H4,20,21,22). The van der Waals surface area contributed by atoms with E-state index in [9.17, 15) is 29.1 Å². The minimum atomic E-state index is -1.57. The number of amides is 4. The third-order valence-electron chi connectivity index (χ3n) is 4.20. The number of thiol groups is 1. The van der Waals surface area contributed by atoms with Crippen molar-refractivity contribution in [1.29, 1.82) is 0 Å². The third kappa shape index (κ3) is 11.9. The van der Waals surface area contributed by atoms with Gasteiger partial charge in [0.2, 0.25) is 23.6 Å². The second kappa shape index (κ2) is 14.9. The minimum absolute atomic E-state index is 0.113. The fourth-order valence-corrected chi connectivity index (χ4v) is 2.69. The van der Waals surface area contributed by atoms with Crippen molar-refractivity contribution in [3.8, 4) is 0 Å². The topological polar surface area (TPSA) is 278 Å². The maximum absolute atomic E-state index is 12.6. The van der Waals surface area contributed by atoms with Crippen LogP contribution in [-0.4, -0.2) is 88.3 Å². The van der Waals surface area contributed by atoms with Gasteiger partial charge in [-0.15, -0.1) is 0 Å². The average Bonchev–Trinajstić information content (AvgIpc) is 2.70. The monoisotopic (exact) mass is 492 g/mol. The van der Waals surface area contributed by atoms with Crippen LogP contribution in [0.25, 0.3) is 0 Å². The van der Waals surface area contributed by atoms with E-state index >= 15 is 0 Å². The van der Waals surface area contributed by atoms with Crippen molar-refractivity contribution >= 4 is 48.2 Å².